The summed E-state index contributed by atoms with van der Waals surface area (Å²) in [5.74, 6) is 0. The van der Waals surface area contributed by atoms with E-state index in [4.69, 9.17) is 4.74 Å². The Morgan fingerprint density at radius 3 is 2.18 bits per heavy atom. The quantitative estimate of drug-likeness (QED) is 0.742. The maximum atomic E-state index is 12.3. The summed E-state index contributed by atoms with van der Waals surface area (Å²) >= 11 is 0. The van der Waals surface area contributed by atoms with Crippen LogP contribution in [0.2, 0.25) is 0 Å². The lowest BCUT2D eigenvalue weighted by Crippen LogP contribution is -2.43. The molecule has 0 heterocycles. The molecule has 22 heavy (non-hydrogen) atoms. The number of hydrogen-bond acceptors (Lipinski definition) is 3. The van der Waals surface area contributed by atoms with E-state index in [-0.39, 0.29) is 5.41 Å². The van der Waals surface area contributed by atoms with Crippen LogP contribution in [0.3, 0.4) is 0 Å². The van der Waals surface area contributed by atoms with Gasteiger partial charge in [-0.2, -0.15) is 0 Å². The first-order valence-corrected chi connectivity index (χ1v) is 9.17. The van der Waals surface area contributed by atoms with Gasteiger partial charge in [-0.3, -0.25) is 0 Å². The molecule has 0 spiro atoms. The Kier molecular flexibility index (Phi) is 6.59. The molecule has 0 fully saturated rings. The number of benzene rings is 1. The molecule has 0 aliphatic rings. The lowest BCUT2D eigenvalue weighted by atomic mass is 9.98. The Morgan fingerprint density at radius 2 is 1.64 bits per heavy atom. The zero-order valence-corrected chi connectivity index (χ0v) is 15.2. The molecule has 0 atom stereocenters. The monoisotopic (exact) mass is 327 g/mol. The van der Waals surface area contributed by atoms with Gasteiger partial charge < -0.3 is 4.74 Å². The third-order valence-electron chi connectivity index (χ3n) is 3.09. The first-order chi connectivity index (χ1) is 10.0. The highest BCUT2D eigenvalue weighted by atomic mass is 32.2. The molecule has 1 aromatic rings. The molecule has 0 bridgehead atoms. The first-order valence-electron chi connectivity index (χ1n) is 7.69. The van der Waals surface area contributed by atoms with Gasteiger partial charge in [0.1, 0.15) is 0 Å². The molecule has 0 saturated heterocycles. The molecule has 0 aliphatic heterocycles. The SMILES string of the molecule is CC(C)(C)COCCCC(C)(C)NS(=O)(=O)c1ccccc1. The second-order valence-electron chi connectivity index (χ2n) is 7.52. The summed E-state index contributed by atoms with van der Waals surface area (Å²) in [6.07, 6.45) is 1.55. The molecule has 0 radical (unpaired) electrons. The molecule has 0 aromatic heterocycles. The Hall–Kier alpha value is -0.910. The fourth-order valence-electron chi connectivity index (χ4n) is 2.07. The number of hydrogen-bond donors (Lipinski definition) is 1. The third-order valence-corrected chi connectivity index (χ3v) is 4.80. The summed E-state index contributed by atoms with van der Waals surface area (Å²) in [6, 6.07) is 8.45. The van der Waals surface area contributed by atoms with Gasteiger partial charge in [0.05, 0.1) is 11.5 Å². The van der Waals surface area contributed by atoms with Crippen LogP contribution >= 0.6 is 0 Å². The lowest BCUT2D eigenvalue weighted by Gasteiger charge is -2.26. The van der Waals surface area contributed by atoms with E-state index in [0.717, 1.165) is 12.8 Å². The van der Waals surface area contributed by atoms with Crippen LogP contribution in [0.15, 0.2) is 35.2 Å². The number of ether oxygens (including phenoxy) is 1. The summed E-state index contributed by atoms with van der Waals surface area (Å²) in [7, 11) is -3.47. The maximum Gasteiger partial charge on any atom is 0.241 e. The van der Waals surface area contributed by atoms with E-state index in [1.807, 2.05) is 13.8 Å². The smallest absolute Gasteiger partial charge is 0.241 e. The van der Waals surface area contributed by atoms with E-state index in [1.165, 1.54) is 0 Å². The van der Waals surface area contributed by atoms with E-state index >= 15 is 0 Å². The standard InChI is InChI=1S/C17H29NO3S/c1-16(2,3)14-21-13-9-12-17(4,5)18-22(19,20)15-10-7-6-8-11-15/h6-8,10-11,18H,9,12-14H2,1-5H3. The third kappa shape index (κ3) is 7.38. The van der Waals surface area contributed by atoms with Gasteiger partial charge in [0.15, 0.2) is 0 Å². The van der Waals surface area contributed by atoms with Crippen molar-refractivity contribution in [2.45, 2.75) is 57.9 Å². The predicted molar refractivity (Wildman–Crippen MR) is 90.4 cm³/mol. The van der Waals surface area contributed by atoms with Crippen molar-refractivity contribution in [3.8, 4) is 0 Å². The van der Waals surface area contributed by atoms with Crippen LogP contribution < -0.4 is 4.72 Å². The molecule has 0 saturated carbocycles. The lowest BCUT2D eigenvalue weighted by molar-refractivity contribution is 0.0664. The number of nitrogens with one attached hydrogen (secondary N) is 1. The van der Waals surface area contributed by atoms with Gasteiger partial charge in [-0.15, -0.1) is 0 Å². The average molecular weight is 327 g/mol. The fourth-order valence-corrected chi connectivity index (χ4v) is 3.53. The fraction of sp³-hybridized carbons (Fsp3) is 0.647. The molecular formula is C17H29NO3S. The highest BCUT2D eigenvalue weighted by Gasteiger charge is 2.25. The van der Waals surface area contributed by atoms with Gasteiger partial charge in [0.25, 0.3) is 0 Å². The Labute approximate surface area is 135 Å². The maximum absolute atomic E-state index is 12.3. The molecule has 5 heteroatoms. The topological polar surface area (TPSA) is 55.4 Å². The van der Waals surface area contributed by atoms with Crippen LogP contribution in [0.25, 0.3) is 0 Å². The molecule has 1 aromatic carbocycles. The highest BCUT2D eigenvalue weighted by molar-refractivity contribution is 7.89. The first kappa shape index (κ1) is 19.1. The summed E-state index contributed by atoms with van der Waals surface area (Å²) in [6.45, 7) is 11.5. The largest absolute Gasteiger partial charge is 0.381 e. The number of sulfonamides is 1. The van der Waals surface area contributed by atoms with Crippen molar-refractivity contribution in [1.82, 2.24) is 4.72 Å². The molecule has 0 unspecified atom stereocenters. The zero-order chi connectivity index (χ0) is 16.9. The van der Waals surface area contributed by atoms with Gasteiger partial charge in [0, 0.05) is 12.1 Å². The normalized spacial score (nSPS) is 13.3. The van der Waals surface area contributed by atoms with E-state index in [2.05, 4.69) is 25.5 Å². The van der Waals surface area contributed by atoms with Crippen molar-refractivity contribution in [2.24, 2.45) is 5.41 Å². The van der Waals surface area contributed by atoms with Crippen LogP contribution in [-0.4, -0.2) is 27.2 Å². The van der Waals surface area contributed by atoms with Crippen molar-refractivity contribution in [1.29, 1.82) is 0 Å². The minimum Gasteiger partial charge on any atom is -0.381 e. The summed E-state index contributed by atoms with van der Waals surface area (Å²) < 4.78 is 33.1. The van der Waals surface area contributed by atoms with Gasteiger partial charge in [-0.05, 0) is 44.2 Å². The van der Waals surface area contributed by atoms with Crippen LogP contribution in [0, 0.1) is 5.41 Å². The van der Waals surface area contributed by atoms with Crippen molar-refractivity contribution >= 4 is 10.0 Å². The molecule has 0 aliphatic carbocycles. The second kappa shape index (κ2) is 7.57. The summed E-state index contributed by atoms with van der Waals surface area (Å²) in [5.41, 5.74) is -0.343. The van der Waals surface area contributed by atoms with Gasteiger partial charge >= 0.3 is 0 Å². The molecular weight excluding hydrogens is 298 g/mol. The van der Waals surface area contributed by atoms with E-state index in [9.17, 15) is 8.42 Å². The average Bonchev–Trinajstić information content (AvgIpc) is 2.36. The minimum absolute atomic E-state index is 0.157. The molecule has 4 nitrogen and oxygen atoms in total. The molecule has 0 amide bonds. The number of rotatable bonds is 8. The Morgan fingerprint density at radius 1 is 1.05 bits per heavy atom. The van der Waals surface area contributed by atoms with Crippen LogP contribution in [-0.2, 0) is 14.8 Å². The zero-order valence-electron chi connectivity index (χ0n) is 14.3. The summed E-state index contributed by atoms with van der Waals surface area (Å²) in [5, 5.41) is 0. The Bertz CT molecular complexity index is 545. The van der Waals surface area contributed by atoms with Gasteiger partial charge in [0.2, 0.25) is 10.0 Å². The van der Waals surface area contributed by atoms with E-state index in [1.54, 1.807) is 30.3 Å². The molecule has 1 N–H and O–H groups in total. The highest BCUT2D eigenvalue weighted by Crippen LogP contribution is 2.18. The predicted octanol–water partition coefficient (Wildman–Crippen LogP) is 3.59. The van der Waals surface area contributed by atoms with Gasteiger partial charge in [-0.25, -0.2) is 13.1 Å². The molecule has 126 valence electrons. The van der Waals surface area contributed by atoms with Crippen LogP contribution in [0.1, 0.15) is 47.5 Å². The van der Waals surface area contributed by atoms with Crippen molar-refractivity contribution in [3.63, 3.8) is 0 Å². The minimum atomic E-state index is -3.47. The van der Waals surface area contributed by atoms with Gasteiger partial charge in [-0.1, -0.05) is 39.0 Å². The van der Waals surface area contributed by atoms with Crippen LogP contribution in [0.4, 0.5) is 0 Å². The summed E-state index contributed by atoms with van der Waals surface area (Å²) in [4.78, 5) is 0.298. The Balaban J connectivity index is 2.47. The van der Waals surface area contributed by atoms with Crippen LogP contribution in [0.5, 0.6) is 0 Å². The van der Waals surface area contributed by atoms with E-state index < -0.39 is 15.6 Å². The second-order valence-corrected chi connectivity index (χ2v) is 9.20. The molecule has 1 rings (SSSR count). The van der Waals surface area contributed by atoms with Crippen molar-refractivity contribution in [2.75, 3.05) is 13.2 Å². The van der Waals surface area contributed by atoms with Crippen molar-refractivity contribution in [3.05, 3.63) is 30.3 Å². The van der Waals surface area contributed by atoms with E-state index in [0.29, 0.717) is 18.1 Å². The van der Waals surface area contributed by atoms with Crippen molar-refractivity contribution < 1.29 is 13.2 Å².